The molecule has 20 heavy (non-hydrogen) atoms. The van der Waals surface area contributed by atoms with Gasteiger partial charge in [-0.3, -0.25) is 10.1 Å². The molecule has 7 heteroatoms. The maximum Gasteiger partial charge on any atom is 0.329 e. The Morgan fingerprint density at radius 2 is 2.10 bits per heavy atom. The molecule has 0 fully saturated rings. The molecular weight excluding hydrogens is 258 g/mol. The molecule has 0 saturated heterocycles. The van der Waals surface area contributed by atoms with Gasteiger partial charge in [0.2, 0.25) is 11.8 Å². The van der Waals surface area contributed by atoms with Crippen LogP contribution in [0, 0.1) is 16.0 Å². The summed E-state index contributed by atoms with van der Waals surface area (Å²) in [5.41, 5.74) is -0.0650. The van der Waals surface area contributed by atoms with Gasteiger partial charge in [-0.2, -0.15) is 4.98 Å². The lowest BCUT2D eigenvalue weighted by molar-refractivity contribution is -0.384. The van der Waals surface area contributed by atoms with Crippen molar-refractivity contribution in [2.24, 2.45) is 5.92 Å². The second kappa shape index (κ2) is 7.02. The molecule has 1 atom stereocenters. The van der Waals surface area contributed by atoms with Crippen LogP contribution in [-0.2, 0) is 0 Å². The highest BCUT2D eigenvalue weighted by atomic mass is 16.6. The third-order valence-corrected chi connectivity index (χ3v) is 3.09. The van der Waals surface area contributed by atoms with E-state index in [0.717, 1.165) is 6.42 Å². The first-order valence-electron chi connectivity index (χ1n) is 6.84. The lowest BCUT2D eigenvalue weighted by atomic mass is 10.0. The lowest BCUT2D eigenvalue weighted by Gasteiger charge is -2.27. The number of anilines is 2. The highest BCUT2D eigenvalue weighted by molar-refractivity contribution is 5.59. The summed E-state index contributed by atoms with van der Waals surface area (Å²) in [6, 6.07) is 0.165. The monoisotopic (exact) mass is 281 g/mol. The summed E-state index contributed by atoms with van der Waals surface area (Å²) in [5.74, 6) is 1.28. The van der Waals surface area contributed by atoms with Crippen molar-refractivity contribution in [2.75, 3.05) is 23.8 Å². The largest absolute Gasteiger partial charge is 0.354 e. The van der Waals surface area contributed by atoms with Crippen molar-refractivity contribution < 1.29 is 4.92 Å². The van der Waals surface area contributed by atoms with Crippen molar-refractivity contribution in [3.8, 4) is 0 Å². The molecule has 0 aromatic carbocycles. The number of nitrogens with one attached hydrogen (secondary N) is 1. The van der Waals surface area contributed by atoms with Crippen LogP contribution in [-0.4, -0.2) is 34.5 Å². The topological polar surface area (TPSA) is 84.2 Å². The number of hydrogen-bond donors (Lipinski definition) is 1. The van der Waals surface area contributed by atoms with Crippen LogP contribution in [0.25, 0.3) is 0 Å². The third kappa shape index (κ3) is 4.04. The third-order valence-electron chi connectivity index (χ3n) is 3.09. The van der Waals surface area contributed by atoms with Crippen LogP contribution >= 0.6 is 0 Å². The number of rotatable bonds is 7. The summed E-state index contributed by atoms with van der Waals surface area (Å²) in [5, 5.41) is 14.1. The minimum Gasteiger partial charge on any atom is -0.354 e. The van der Waals surface area contributed by atoms with Crippen LogP contribution in [0.3, 0.4) is 0 Å². The molecule has 112 valence electrons. The molecule has 1 heterocycles. The summed E-state index contributed by atoms with van der Waals surface area (Å²) in [4.78, 5) is 20.8. The first-order chi connectivity index (χ1) is 9.36. The molecule has 1 aromatic rings. The maximum atomic E-state index is 11.1. The zero-order valence-corrected chi connectivity index (χ0v) is 12.8. The van der Waals surface area contributed by atoms with E-state index < -0.39 is 4.92 Å². The van der Waals surface area contributed by atoms with Gasteiger partial charge in [0, 0.05) is 19.6 Å². The fraction of sp³-hybridized carbons (Fsp3) is 0.692. The number of aromatic nitrogens is 2. The molecule has 0 aliphatic heterocycles. The lowest BCUT2D eigenvalue weighted by Crippen LogP contribution is -2.31. The minimum atomic E-state index is -0.441. The van der Waals surface area contributed by atoms with E-state index in [1.54, 1.807) is 0 Å². The molecule has 0 saturated carbocycles. The van der Waals surface area contributed by atoms with Crippen LogP contribution in [0.5, 0.6) is 0 Å². The second-order valence-corrected chi connectivity index (χ2v) is 5.28. The number of hydrogen-bond acceptors (Lipinski definition) is 6. The Bertz CT molecular complexity index is 464. The van der Waals surface area contributed by atoms with Gasteiger partial charge in [-0.25, -0.2) is 4.98 Å². The predicted octanol–water partition coefficient (Wildman–Crippen LogP) is 2.69. The van der Waals surface area contributed by atoms with Gasteiger partial charge >= 0.3 is 5.69 Å². The van der Waals surface area contributed by atoms with E-state index in [-0.39, 0.29) is 11.7 Å². The van der Waals surface area contributed by atoms with Crippen LogP contribution in [0.2, 0.25) is 0 Å². The van der Waals surface area contributed by atoms with Crippen molar-refractivity contribution >= 4 is 17.5 Å². The molecule has 0 aliphatic carbocycles. The zero-order chi connectivity index (χ0) is 15.3. The molecule has 0 spiro atoms. The molecule has 1 rings (SSSR count). The van der Waals surface area contributed by atoms with E-state index in [9.17, 15) is 10.1 Å². The molecule has 0 amide bonds. The normalized spacial score (nSPS) is 12.3. The highest BCUT2D eigenvalue weighted by Crippen LogP contribution is 2.27. The highest BCUT2D eigenvalue weighted by Gasteiger charge is 2.24. The van der Waals surface area contributed by atoms with Gasteiger partial charge < -0.3 is 10.2 Å². The molecule has 7 nitrogen and oxygen atoms in total. The molecular formula is C13H23N5O2. The first kappa shape index (κ1) is 16.1. The Morgan fingerprint density at radius 3 is 2.60 bits per heavy atom. The Balaban J connectivity index is 3.10. The van der Waals surface area contributed by atoms with Crippen molar-refractivity contribution in [2.45, 2.75) is 40.2 Å². The van der Waals surface area contributed by atoms with Crippen molar-refractivity contribution in [3.63, 3.8) is 0 Å². The van der Waals surface area contributed by atoms with E-state index in [4.69, 9.17) is 0 Å². The molecule has 1 aromatic heterocycles. The van der Waals surface area contributed by atoms with Crippen molar-refractivity contribution in [1.82, 2.24) is 9.97 Å². The van der Waals surface area contributed by atoms with E-state index in [0.29, 0.717) is 24.2 Å². The van der Waals surface area contributed by atoms with E-state index >= 15 is 0 Å². The Kier molecular flexibility index (Phi) is 5.66. The second-order valence-electron chi connectivity index (χ2n) is 5.28. The molecule has 0 radical (unpaired) electrons. The van der Waals surface area contributed by atoms with Gasteiger partial charge in [0.25, 0.3) is 0 Å². The first-order valence-corrected chi connectivity index (χ1v) is 6.84. The zero-order valence-electron chi connectivity index (χ0n) is 12.8. The average Bonchev–Trinajstić information content (AvgIpc) is 2.37. The minimum absolute atomic E-state index is 0.0650. The fourth-order valence-electron chi connectivity index (χ4n) is 2.05. The van der Waals surface area contributed by atoms with Crippen LogP contribution in [0.15, 0.2) is 6.20 Å². The van der Waals surface area contributed by atoms with Crippen molar-refractivity contribution in [1.29, 1.82) is 0 Å². The molecule has 1 N–H and O–H groups in total. The smallest absolute Gasteiger partial charge is 0.329 e. The summed E-state index contributed by atoms with van der Waals surface area (Å²) in [6.45, 7) is 8.89. The summed E-state index contributed by atoms with van der Waals surface area (Å²) >= 11 is 0. The van der Waals surface area contributed by atoms with Crippen LogP contribution in [0.1, 0.15) is 34.1 Å². The maximum absolute atomic E-state index is 11.1. The SMILES string of the molecule is CCNc1ncc([N+](=O)[O-])c(N(C)C(C)CC(C)C)n1. The van der Waals surface area contributed by atoms with E-state index in [2.05, 4.69) is 29.1 Å². The van der Waals surface area contributed by atoms with Crippen LogP contribution < -0.4 is 10.2 Å². The Hall–Kier alpha value is -1.92. The van der Waals surface area contributed by atoms with Gasteiger partial charge in [0.1, 0.15) is 6.20 Å². The quantitative estimate of drug-likeness (QED) is 0.611. The summed E-state index contributed by atoms with van der Waals surface area (Å²) in [7, 11) is 1.83. The predicted molar refractivity (Wildman–Crippen MR) is 80.2 cm³/mol. The van der Waals surface area contributed by atoms with E-state index in [1.807, 2.05) is 25.8 Å². The molecule has 1 unspecified atom stereocenters. The van der Waals surface area contributed by atoms with Gasteiger partial charge in [-0.05, 0) is 26.2 Å². The standard InChI is InChI=1S/C13H23N5O2/c1-6-14-13-15-8-11(18(19)20)12(16-13)17(5)10(4)7-9(2)3/h8-10H,6-7H2,1-5H3,(H,14,15,16). The molecule has 0 aliphatic rings. The Labute approximate surface area is 119 Å². The van der Waals surface area contributed by atoms with E-state index in [1.165, 1.54) is 6.20 Å². The van der Waals surface area contributed by atoms with Crippen molar-refractivity contribution in [3.05, 3.63) is 16.3 Å². The average molecular weight is 281 g/mol. The van der Waals surface area contributed by atoms with Gasteiger partial charge in [0.05, 0.1) is 4.92 Å². The number of nitro groups is 1. The Morgan fingerprint density at radius 1 is 1.45 bits per heavy atom. The van der Waals surface area contributed by atoms with Crippen LogP contribution in [0.4, 0.5) is 17.5 Å². The molecule has 0 bridgehead atoms. The van der Waals surface area contributed by atoms with Gasteiger partial charge in [-0.1, -0.05) is 13.8 Å². The number of nitrogens with zero attached hydrogens (tertiary/aromatic N) is 4. The van der Waals surface area contributed by atoms with Gasteiger partial charge in [-0.15, -0.1) is 0 Å². The summed E-state index contributed by atoms with van der Waals surface area (Å²) < 4.78 is 0. The fourth-order valence-corrected chi connectivity index (χ4v) is 2.05. The summed E-state index contributed by atoms with van der Waals surface area (Å²) in [6.07, 6.45) is 2.20. The van der Waals surface area contributed by atoms with Gasteiger partial charge in [0.15, 0.2) is 0 Å².